The number of hydrogen-bond acceptors (Lipinski definition) is 6. The van der Waals surface area contributed by atoms with Crippen molar-refractivity contribution in [2.45, 2.75) is 6.42 Å². The Kier molecular flexibility index (Phi) is 5.62. The van der Waals surface area contributed by atoms with Crippen LogP contribution in [0.15, 0.2) is 18.2 Å². The van der Waals surface area contributed by atoms with E-state index in [0.29, 0.717) is 17.2 Å². The molecule has 130 valence electrons. The number of benzene rings is 1. The van der Waals surface area contributed by atoms with E-state index in [9.17, 15) is 14.4 Å². The van der Waals surface area contributed by atoms with Crippen molar-refractivity contribution in [3.63, 3.8) is 0 Å². The van der Waals surface area contributed by atoms with Gasteiger partial charge in [0.05, 0.1) is 32.9 Å². The Hall–Kier alpha value is -2.77. The molecule has 2 rings (SSSR count). The van der Waals surface area contributed by atoms with Gasteiger partial charge in [0, 0.05) is 19.0 Å². The zero-order chi connectivity index (χ0) is 17.7. The van der Waals surface area contributed by atoms with Gasteiger partial charge in [-0.25, -0.2) is 0 Å². The summed E-state index contributed by atoms with van der Waals surface area (Å²) in [4.78, 5) is 37.0. The molecular weight excluding hydrogens is 316 g/mol. The molecule has 1 aromatic carbocycles. The number of rotatable bonds is 6. The smallest absolute Gasteiger partial charge is 0.325 e. The normalized spacial score (nSPS) is 16.7. The van der Waals surface area contributed by atoms with Gasteiger partial charge in [0.25, 0.3) is 0 Å². The first-order chi connectivity index (χ1) is 11.5. The minimum absolute atomic E-state index is 0.0716. The van der Waals surface area contributed by atoms with Crippen LogP contribution in [-0.4, -0.2) is 52.2 Å². The van der Waals surface area contributed by atoms with Crippen LogP contribution >= 0.6 is 0 Å². The average molecular weight is 336 g/mol. The maximum Gasteiger partial charge on any atom is 0.325 e. The summed E-state index contributed by atoms with van der Waals surface area (Å²) in [5, 5.41) is 2.47. The Morgan fingerprint density at radius 2 is 2.00 bits per heavy atom. The maximum atomic E-state index is 12.3. The van der Waals surface area contributed by atoms with Gasteiger partial charge in [0.2, 0.25) is 11.8 Å². The molecule has 1 aliphatic heterocycles. The molecule has 0 radical (unpaired) electrons. The van der Waals surface area contributed by atoms with Gasteiger partial charge in [-0.2, -0.15) is 0 Å². The van der Waals surface area contributed by atoms with Gasteiger partial charge in [-0.1, -0.05) is 0 Å². The van der Waals surface area contributed by atoms with Crippen LogP contribution in [-0.2, 0) is 19.1 Å². The van der Waals surface area contributed by atoms with E-state index in [1.54, 1.807) is 18.2 Å². The number of amides is 2. The lowest BCUT2D eigenvalue weighted by Crippen LogP contribution is -2.36. The quantitative estimate of drug-likeness (QED) is 0.753. The molecule has 2 amide bonds. The van der Waals surface area contributed by atoms with Crippen LogP contribution in [0.2, 0.25) is 0 Å². The lowest BCUT2D eigenvalue weighted by Gasteiger charge is -2.20. The van der Waals surface area contributed by atoms with Crippen LogP contribution < -0.4 is 19.7 Å². The number of nitrogens with one attached hydrogen (secondary N) is 1. The lowest BCUT2D eigenvalue weighted by molar-refractivity contribution is -0.141. The van der Waals surface area contributed by atoms with E-state index in [4.69, 9.17) is 9.47 Å². The molecule has 0 aromatic heterocycles. The predicted octanol–water partition coefficient (Wildman–Crippen LogP) is 0.346. The van der Waals surface area contributed by atoms with Crippen molar-refractivity contribution < 1.29 is 28.6 Å². The molecule has 0 spiro atoms. The zero-order valence-electron chi connectivity index (χ0n) is 13.8. The number of hydrogen-bond donors (Lipinski definition) is 1. The molecule has 0 saturated carbocycles. The van der Waals surface area contributed by atoms with Gasteiger partial charge in [-0.15, -0.1) is 0 Å². The fourth-order valence-electron chi connectivity index (χ4n) is 2.50. The van der Waals surface area contributed by atoms with E-state index in [1.807, 2.05) is 0 Å². The van der Waals surface area contributed by atoms with Gasteiger partial charge >= 0.3 is 5.97 Å². The van der Waals surface area contributed by atoms with E-state index in [2.05, 4.69) is 10.1 Å². The Labute approximate surface area is 139 Å². The van der Waals surface area contributed by atoms with Crippen LogP contribution in [0.1, 0.15) is 6.42 Å². The predicted molar refractivity (Wildman–Crippen MR) is 85.0 cm³/mol. The maximum absolute atomic E-state index is 12.3. The molecule has 1 aromatic rings. The monoisotopic (exact) mass is 336 g/mol. The van der Waals surface area contributed by atoms with Crippen molar-refractivity contribution >= 4 is 23.5 Å². The number of esters is 1. The first-order valence-electron chi connectivity index (χ1n) is 7.37. The van der Waals surface area contributed by atoms with E-state index in [-0.39, 0.29) is 31.3 Å². The molecule has 0 bridgehead atoms. The number of ether oxygens (including phenoxy) is 3. The second kappa shape index (κ2) is 7.67. The van der Waals surface area contributed by atoms with Gasteiger partial charge in [-0.05, 0) is 12.1 Å². The molecular formula is C16H20N2O6. The molecule has 0 aliphatic carbocycles. The summed E-state index contributed by atoms with van der Waals surface area (Å²) in [5.41, 5.74) is 0.576. The van der Waals surface area contributed by atoms with Gasteiger partial charge < -0.3 is 24.4 Å². The summed E-state index contributed by atoms with van der Waals surface area (Å²) in [6.45, 7) is 0.000406. The Morgan fingerprint density at radius 1 is 1.25 bits per heavy atom. The third-order valence-corrected chi connectivity index (χ3v) is 3.81. The van der Waals surface area contributed by atoms with E-state index in [1.165, 1.54) is 26.2 Å². The Bertz CT molecular complexity index is 645. The summed E-state index contributed by atoms with van der Waals surface area (Å²) in [6.07, 6.45) is 0.0716. The first-order valence-corrected chi connectivity index (χ1v) is 7.37. The second-order valence-corrected chi connectivity index (χ2v) is 5.24. The fourth-order valence-corrected chi connectivity index (χ4v) is 2.50. The van der Waals surface area contributed by atoms with Gasteiger partial charge in [0.1, 0.15) is 18.0 Å². The molecule has 24 heavy (non-hydrogen) atoms. The molecule has 1 aliphatic rings. The van der Waals surface area contributed by atoms with Gasteiger partial charge in [0.15, 0.2) is 0 Å². The van der Waals surface area contributed by atoms with E-state index in [0.717, 1.165) is 0 Å². The lowest BCUT2D eigenvalue weighted by atomic mass is 10.1. The molecule has 1 fully saturated rings. The number of methoxy groups -OCH3 is 3. The third kappa shape index (κ3) is 3.76. The van der Waals surface area contributed by atoms with Crippen LogP contribution in [0.25, 0.3) is 0 Å². The molecule has 1 saturated heterocycles. The minimum Gasteiger partial charge on any atom is -0.497 e. The molecule has 1 N–H and O–H groups in total. The number of anilines is 1. The first kappa shape index (κ1) is 17.6. The summed E-state index contributed by atoms with van der Waals surface area (Å²) in [7, 11) is 4.28. The number of carbonyl (C=O) groups excluding carboxylic acids is 3. The highest BCUT2D eigenvalue weighted by atomic mass is 16.5. The highest BCUT2D eigenvalue weighted by Gasteiger charge is 2.36. The van der Waals surface area contributed by atoms with Crippen molar-refractivity contribution in [1.29, 1.82) is 0 Å². The van der Waals surface area contributed by atoms with E-state index < -0.39 is 11.9 Å². The van der Waals surface area contributed by atoms with Crippen molar-refractivity contribution in [3.05, 3.63) is 18.2 Å². The number of carbonyl (C=O) groups is 3. The van der Waals surface area contributed by atoms with Crippen molar-refractivity contribution in [2.75, 3.05) is 39.3 Å². The van der Waals surface area contributed by atoms with Crippen LogP contribution in [0.4, 0.5) is 5.69 Å². The second-order valence-electron chi connectivity index (χ2n) is 5.24. The van der Waals surface area contributed by atoms with Crippen molar-refractivity contribution in [3.8, 4) is 11.5 Å². The van der Waals surface area contributed by atoms with Crippen LogP contribution in [0.5, 0.6) is 11.5 Å². The average Bonchev–Trinajstić information content (AvgIpc) is 3.00. The van der Waals surface area contributed by atoms with Gasteiger partial charge in [-0.3, -0.25) is 14.4 Å². The fraction of sp³-hybridized carbons (Fsp3) is 0.438. The summed E-state index contributed by atoms with van der Waals surface area (Å²) >= 11 is 0. The summed E-state index contributed by atoms with van der Waals surface area (Å²) in [6, 6.07) is 5.10. The molecule has 8 heteroatoms. The molecule has 1 heterocycles. The summed E-state index contributed by atoms with van der Waals surface area (Å²) in [5.74, 6) is -0.524. The van der Waals surface area contributed by atoms with Crippen LogP contribution in [0, 0.1) is 5.92 Å². The molecule has 8 nitrogen and oxygen atoms in total. The largest absolute Gasteiger partial charge is 0.497 e. The van der Waals surface area contributed by atoms with Crippen LogP contribution in [0.3, 0.4) is 0 Å². The standard InChI is InChI=1S/C16H20N2O6/c1-22-11-4-5-12(13(7-11)23-2)18-9-10(6-14(18)19)16(21)17-8-15(20)24-3/h4-5,7,10H,6,8-9H2,1-3H3,(H,17,21). The van der Waals surface area contributed by atoms with Crippen molar-refractivity contribution in [1.82, 2.24) is 5.32 Å². The topological polar surface area (TPSA) is 94.2 Å². The highest BCUT2D eigenvalue weighted by molar-refractivity contribution is 6.01. The third-order valence-electron chi connectivity index (χ3n) is 3.81. The molecule has 1 atom stereocenters. The molecule has 1 unspecified atom stereocenters. The minimum atomic E-state index is -0.540. The highest BCUT2D eigenvalue weighted by Crippen LogP contribution is 2.35. The SMILES string of the molecule is COC(=O)CNC(=O)C1CC(=O)N(c2ccc(OC)cc2OC)C1. The Morgan fingerprint density at radius 3 is 2.62 bits per heavy atom. The number of nitrogens with zero attached hydrogens (tertiary/aromatic N) is 1. The summed E-state index contributed by atoms with van der Waals surface area (Å²) < 4.78 is 14.9. The van der Waals surface area contributed by atoms with Crippen molar-refractivity contribution in [2.24, 2.45) is 5.92 Å². The Balaban J connectivity index is 2.10. The zero-order valence-corrected chi connectivity index (χ0v) is 13.8. The van der Waals surface area contributed by atoms with E-state index >= 15 is 0 Å².